The Kier molecular flexibility index (Phi) is 5.17. The zero-order valence-electron chi connectivity index (χ0n) is 13.7. The van der Waals surface area contributed by atoms with Gasteiger partial charge in [0.05, 0.1) is 11.9 Å². The number of aromatic nitrogens is 2. The van der Waals surface area contributed by atoms with Crippen LogP contribution in [0.2, 0.25) is 0 Å². The molecule has 0 amide bonds. The minimum absolute atomic E-state index is 0.0426. The van der Waals surface area contributed by atoms with Crippen LogP contribution in [0.4, 0.5) is 20.3 Å². The summed E-state index contributed by atoms with van der Waals surface area (Å²) in [7, 11) is 0. The Morgan fingerprint density at radius 1 is 1.12 bits per heavy atom. The lowest BCUT2D eigenvalue weighted by atomic mass is 10.0. The lowest BCUT2D eigenvalue weighted by molar-refractivity contribution is 0.0988. The summed E-state index contributed by atoms with van der Waals surface area (Å²) in [4.78, 5) is 19.9. The zero-order valence-corrected chi connectivity index (χ0v) is 13.7. The Hall–Kier alpha value is -3.35. The number of nitrogens with two attached hydrogens (primary N) is 1. The molecule has 26 heavy (non-hydrogen) atoms. The fourth-order valence-corrected chi connectivity index (χ4v) is 2.45. The minimum Gasteiger partial charge on any atom is -0.382 e. The molecule has 0 fully saturated rings. The Bertz CT molecular complexity index is 929. The van der Waals surface area contributed by atoms with E-state index in [1.165, 1.54) is 18.2 Å². The number of nitrogens with zero attached hydrogens (tertiary/aromatic N) is 2. The van der Waals surface area contributed by atoms with Crippen molar-refractivity contribution in [3.05, 3.63) is 83.3 Å². The van der Waals surface area contributed by atoms with Crippen molar-refractivity contribution >= 4 is 17.3 Å². The van der Waals surface area contributed by atoms with Crippen molar-refractivity contribution in [1.82, 2.24) is 9.97 Å². The van der Waals surface area contributed by atoms with Crippen LogP contribution in [0.3, 0.4) is 0 Å². The number of halogens is 2. The molecule has 0 saturated carbocycles. The predicted octanol–water partition coefficient (Wildman–Crippen LogP) is 3.37. The fraction of sp³-hybridized carbons (Fsp3) is 0.105. The van der Waals surface area contributed by atoms with Crippen LogP contribution in [-0.2, 0) is 13.0 Å². The van der Waals surface area contributed by atoms with E-state index in [2.05, 4.69) is 15.3 Å². The normalized spacial score (nSPS) is 10.5. The zero-order chi connectivity index (χ0) is 18.5. The number of carbonyl (C=O) groups is 1. The van der Waals surface area contributed by atoms with Gasteiger partial charge < -0.3 is 11.1 Å². The van der Waals surface area contributed by atoms with Gasteiger partial charge in [-0.05, 0) is 35.9 Å². The molecule has 7 heteroatoms. The van der Waals surface area contributed by atoms with Crippen LogP contribution >= 0.6 is 0 Å². The standard InChI is InChI=1S/C19H16F2N4O/c20-14-4-6-16(25-11-14)18(26)9-12-3-5-15(21)13(8-12)10-24-17-2-1-7-23-19(17)22/h1-8,11,24H,9-10H2,(H2,22,23). The third kappa shape index (κ3) is 4.18. The van der Waals surface area contributed by atoms with Gasteiger partial charge in [0.25, 0.3) is 0 Å². The maximum Gasteiger partial charge on any atom is 0.185 e. The minimum atomic E-state index is -0.508. The molecule has 1 aromatic carbocycles. The van der Waals surface area contributed by atoms with Crippen molar-refractivity contribution < 1.29 is 13.6 Å². The SMILES string of the molecule is Nc1ncccc1NCc1cc(CC(=O)c2ccc(F)cn2)ccc1F. The van der Waals surface area contributed by atoms with E-state index in [-0.39, 0.29) is 24.4 Å². The molecule has 3 aromatic rings. The van der Waals surface area contributed by atoms with Gasteiger partial charge in [0.15, 0.2) is 5.78 Å². The van der Waals surface area contributed by atoms with E-state index in [4.69, 9.17) is 5.73 Å². The van der Waals surface area contributed by atoms with Crippen molar-refractivity contribution in [1.29, 1.82) is 0 Å². The molecule has 0 aliphatic heterocycles. The van der Waals surface area contributed by atoms with Gasteiger partial charge in [-0.1, -0.05) is 12.1 Å². The average Bonchev–Trinajstić information content (AvgIpc) is 2.64. The number of ketones is 1. The second-order valence-electron chi connectivity index (χ2n) is 5.68. The highest BCUT2D eigenvalue weighted by molar-refractivity contribution is 5.95. The number of anilines is 2. The molecule has 3 rings (SSSR count). The number of carbonyl (C=O) groups excluding carboxylic acids is 1. The van der Waals surface area contributed by atoms with Crippen molar-refractivity contribution in [3.8, 4) is 0 Å². The fourth-order valence-electron chi connectivity index (χ4n) is 2.45. The van der Waals surface area contributed by atoms with Crippen molar-refractivity contribution in [3.63, 3.8) is 0 Å². The molecule has 0 aliphatic carbocycles. The van der Waals surface area contributed by atoms with Crippen LogP contribution in [0.25, 0.3) is 0 Å². The molecular formula is C19H16F2N4O. The van der Waals surface area contributed by atoms with Gasteiger partial charge in [-0.2, -0.15) is 0 Å². The summed E-state index contributed by atoms with van der Waals surface area (Å²) in [5.74, 6) is -0.851. The molecule has 0 bridgehead atoms. The van der Waals surface area contributed by atoms with E-state index >= 15 is 0 Å². The quantitative estimate of drug-likeness (QED) is 0.663. The molecule has 2 aromatic heterocycles. The first kappa shape index (κ1) is 17.5. The van der Waals surface area contributed by atoms with Crippen molar-refractivity contribution in [2.24, 2.45) is 0 Å². The van der Waals surface area contributed by atoms with Gasteiger partial charge >= 0.3 is 0 Å². The van der Waals surface area contributed by atoms with Crippen LogP contribution in [0.15, 0.2) is 54.9 Å². The topological polar surface area (TPSA) is 80.9 Å². The van der Waals surface area contributed by atoms with Crippen LogP contribution in [0.1, 0.15) is 21.6 Å². The molecule has 0 radical (unpaired) electrons. The van der Waals surface area contributed by atoms with E-state index in [0.717, 1.165) is 6.20 Å². The Morgan fingerprint density at radius 2 is 1.96 bits per heavy atom. The van der Waals surface area contributed by atoms with Gasteiger partial charge in [0.2, 0.25) is 0 Å². The average molecular weight is 354 g/mol. The predicted molar refractivity (Wildman–Crippen MR) is 94.6 cm³/mol. The number of nitrogen functional groups attached to an aromatic ring is 1. The smallest absolute Gasteiger partial charge is 0.185 e. The van der Waals surface area contributed by atoms with Gasteiger partial charge in [0.1, 0.15) is 23.1 Å². The summed E-state index contributed by atoms with van der Waals surface area (Å²) in [6, 6.07) is 10.4. The summed E-state index contributed by atoms with van der Waals surface area (Å²) in [5.41, 5.74) is 7.55. The maximum absolute atomic E-state index is 14.1. The second-order valence-corrected chi connectivity index (χ2v) is 5.68. The molecule has 0 spiro atoms. The number of benzene rings is 1. The first-order valence-electron chi connectivity index (χ1n) is 7.89. The number of Topliss-reactive ketones (excluding diaryl/α,β-unsaturated/α-hetero) is 1. The van der Waals surface area contributed by atoms with Gasteiger partial charge in [-0.25, -0.2) is 13.8 Å². The third-order valence-corrected chi connectivity index (χ3v) is 3.80. The van der Waals surface area contributed by atoms with Crippen LogP contribution < -0.4 is 11.1 Å². The molecule has 5 nitrogen and oxygen atoms in total. The summed E-state index contributed by atoms with van der Waals surface area (Å²) in [6.07, 6.45) is 2.60. The largest absolute Gasteiger partial charge is 0.382 e. The first-order chi connectivity index (χ1) is 12.5. The molecule has 0 unspecified atom stereocenters. The molecule has 0 aliphatic rings. The van der Waals surface area contributed by atoms with E-state index < -0.39 is 11.6 Å². The summed E-state index contributed by atoms with van der Waals surface area (Å²) in [5, 5.41) is 3.02. The number of rotatable bonds is 6. The van der Waals surface area contributed by atoms with E-state index in [1.807, 2.05) is 0 Å². The number of nitrogens with one attached hydrogen (secondary N) is 1. The summed E-state index contributed by atoms with van der Waals surface area (Å²) >= 11 is 0. The molecule has 3 N–H and O–H groups in total. The highest BCUT2D eigenvalue weighted by Gasteiger charge is 2.11. The lowest BCUT2D eigenvalue weighted by Gasteiger charge is -2.10. The number of pyridine rings is 2. The molecule has 0 atom stereocenters. The molecule has 132 valence electrons. The summed E-state index contributed by atoms with van der Waals surface area (Å²) < 4.78 is 26.9. The molecule has 2 heterocycles. The van der Waals surface area contributed by atoms with E-state index in [9.17, 15) is 13.6 Å². The van der Waals surface area contributed by atoms with Crippen molar-refractivity contribution in [2.75, 3.05) is 11.1 Å². The third-order valence-electron chi connectivity index (χ3n) is 3.80. The highest BCUT2D eigenvalue weighted by Crippen LogP contribution is 2.18. The Morgan fingerprint density at radius 3 is 2.69 bits per heavy atom. The lowest BCUT2D eigenvalue weighted by Crippen LogP contribution is -2.08. The Labute approximate surface area is 148 Å². The van der Waals surface area contributed by atoms with Crippen molar-refractivity contribution in [2.45, 2.75) is 13.0 Å². The van der Waals surface area contributed by atoms with Gasteiger partial charge in [0, 0.05) is 24.7 Å². The number of hydrogen-bond acceptors (Lipinski definition) is 5. The van der Waals surface area contributed by atoms with Crippen LogP contribution in [0.5, 0.6) is 0 Å². The van der Waals surface area contributed by atoms with Gasteiger partial charge in [-0.3, -0.25) is 9.78 Å². The monoisotopic (exact) mass is 354 g/mol. The molecule has 0 saturated heterocycles. The highest BCUT2D eigenvalue weighted by atomic mass is 19.1. The number of hydrogen-bond donors (Lipinski definition) is 2. The van der Waals surface area contributed by atoms with Crippen LogP contribution in [0, 0.1) is 11.6 Å². The van der Waals surface area contributed by atoms with E-state index in [0.29, 0.717) is 22.6 Å². The summed E-state index contributed by atoms with van der Waals surface area (Å²) in [6.45, 7) is 0.193. The second kappa shape index (κ2) is 7.69. The maximum atomic E-state index is 14.1. The van der Waals surface area contributed by atoms with Gasteiger partial charge in [-0.15, -0.1) is 0 Å². The van der Waals surface area contributed by atoms with E-state index in [1.54, 1.807) is 30.5 Å². The Balaban J connectivity index is 1.72. The van der Waals surface area contributed by atoms with Crippen LogP contribution in [-0.4, -0.2) is 15.8 Å². The molecular weight excluding hydrogens is 338 g/mol. The first-order valence-corrected chi connectivity index (χ1v) is 7.89.